The SMILES string of the molecule is CC.CC1CCC2(CCCN2)C1. The summed E-state index contributed by atoms with van der Waals surface area (Å²) in [6, 6.07) is 0. The van der Waals surface area contributed by atoms with E-state index in [1.165, 1.54) is 38.6 Å². The largest absolute Gasteiger partial charge is 0.311 e. The van der Waals surface area contributed by atoms with E-state index in [9.17, 15) is 0 Å². The van der Waals surface area contributed by atoms with E-state index in [1.54, 1.807) is 0 Å². The highest BCUT2D eigenvalue weighted by atomic mass is 15.0. The van der Waals surface area contributed by atoms with Crippen molar-refractivity contribution in [3.8, 4) is 0 Å². The topological polar surface area (TPSA) is 12.0 Å². The fraction of sp³-hybridized carbons (Fsp3) is 1.00. The molecule has 1 saturated carbocycles. The first-order valence-electron chi connectivity index (χ1n) is 5.56. The minimum atomic E-state index is 0.611. The molecular weight excluding hydrogens is 146 g/mol. The zero-order valence-electron chi connectivity index (χ0n) is 8.82. The Morgan fingerprint density at radius 2 is 2.00 bits per heavy atom. The Hall–Kier alpha value is -0.0400. The van der Waals surface area contributed by atoms with Gasteiger partial charge in [0.05, 0.1) is 0 Å². The maximum atomic E-state index is 3.66. The molecule has 2 unspecified atom stereocenters. The van der Waals surface area contributed by atoms with Gasteiger partial charge < -0.3 is 5.32 Å². The zero-order chi connectivity index (χ0) is 9.03. The van der Waals surface area contributed by atoms with Crippen LogP contribution in [0.5, 0.6) is 0 Å². The van der Waals surface area contributed by atoms with Crippen LogP contribution in [0.25, 0.3) is 0 Å². The van der Waals surface area contributed by atoms with Crippen LogP contribution in [0.1, 0.15) is 52.9 Å². The second-order valence-corrected chi connectivity index (χ2v) is 4.16. The van der Waals surface area contributed by atoms with Crippen molar-refractivity contribution in [3.05, 3.63) is 0 Å². The van der Waals surface area contributed by atoms with Crippen molar-refractivity contribution in [2.24, 2.45) is 5.92 Å². The lowest BCUT2D eigenvalue weighted by Crippen LogP contribution is -2.36. The van der Waals surface area contributed by atoms with E-state index >= 15 is 0 Å². The molecule has 0 aromatic carbocycles. The molecular formula is C11H23N. The molecule has 2 rings (SSSR count). The van der Waals surface area contributed by atoms with Crippen LogP contribution in [0.3, 0.4) is 0 Å². The molecule has 1 nitrogen and oxygen atoms in total. The maximum absolute atomic E-state index is 3.66. The van der Waals surface area contributed by atoms with Gasteiger partial charge in [-0.3, -0.25) is 0 Å². The average Bonchev–Trinajstić information content (AvgIpc) is 2.68. The summed E-state index contributed by atoms with van der Waals surface area (Å²) in [5.74, 6) is 0.977. The third kappa shape index (κ3) is 2.01. The summed E-state index contributed by atoms with van der Waals surface area (Å²) in [5, 5.41) is 3.66. The first-order valence-corrected chi connectivity index (χ1v) is 5.56. The zero-order valence-corrected chi connectivity index (χ0v) is 8.82. The van der Waals surface area contributed by atoms with Crippen LogP contribution >= 0.6 is 0 Å². The van der Waals surface area contributed by atoms with Crippen LogP contribution in [-0.4, -0.2) is 12.1 Å². The molecule has 1 saturated heterocycles. The Kier molecular flexibility index (Phi) is 3.57. The van der Waals surface area contributed by atoms with Gasteiger partial charge in [0.25, 0.3) is 0 Å². The first kappa shape index (κ1) is 10.0. The van der Waals surface area contributed by atoms with E-state index < -0.39 is 0 Å². The van der Waals surface area contributed by atoms with E-state index in [0.29, 0.717) is 5.54 Å². The highest BCUT2D eigenvalue weighted by molar-refractivity contribution is 4.98. The second kappa shape index (κ2) is 4.27. The standard InChI is InChI=1S/C9H17N.C2H6/c1-8-3-5-9(7-8)4-2-6-10-9;1-2/h8,10H,2-7H2,1H3;1-2H3. The van der Waals surface area contributed by atoms with Crippen molar-refractivity contribution in [1.29, 1.82) is 0 Å². The lowest BCUT2D eigenvalue weighted by Gasteiger charge is -2.22. The second-order valence-electron chi connectivity index (χ2n) is 4.16. The van der Waals surface area contributed by atoms with E-state index in [4.69, 9.17) is 0 Å². The van der Waals surface area contributed by atoms with E-state index in [0.717, 1.165) is 5.92 Å². The quantitative estimate of drug-likeness (QED) is 0.588. The number of hydrogen-bond donors (Lipinski definition) is 1. The van der Waals surface area contributed by atoms with Crippen molar-refractivity contribution < 1.29 is 0 Å². The summed E-state index contributed by atoms with van der Waals surface area (Å²) in [6.45, 7) is 7.65. The van der Waals surface area contributed by atoms with Crippen molar-refractivity contribution in [2.45, 2.75) is 58.4 Å². The van der Waals surface area contributed by atoms with Crippen LogP contribution in [0, 0.1) is 5.92 Å². The Labute approximate surface area is 76.9 Å². The summed E-state index contributed by atoms with van der Waals surface area (Å²) in [5.41, 5.74) is 0.611. The minimum Gasteiger partial charge on any atom is -0.311 e. The molecule has 1 heteroatoms. The third-order valence-electron chi connectivity index (χ3n) is 3.19. The molecule has 2 fully saturated rings. The minimum absolute atomic E-state index is 0.611. The predicted octanol–water partition coefficient (Wildman–Crippen LogP) is 2.95. The molecule has 2 aliphatic rings. The van der Waals surface area contributed by atoms with Crippen LogP contribution in [0.4, 0.5) is 0 Å². The van der Waals surface area contributed by atoms with Gasteiger partial charge in [0.2, 0.25) is 0 Å². The van der Waals surface area contributed by atoms with Crippen LogP contribution in [-0.2, 0) is 0 Å². The normalized spacial score (nSPS) is 39.8. The molecule has 0 amide bonds. The number of rotatable bonds is 0. The smallest absolute Gasteiger partial charge is 0.0184 e. The summed E-state index contributed by atoms with van der Waals surface area (Å²) in [6.07, 6.45) is 7.18. The number of nitrogens with one attached hydrogen (secondary N) is 1. The molecule has 1 spiro atoms. The fourth-order valence-electron chi connectivity index (χ4n) is 2.65. The average molecular weight is 169 g/mol. The molecule has 1 heterocycles. The third-order valence-corrected chi connectivity index (χ3v) is 3.19. The molecule has 1 N–H and O–H groups in total. The van der Waals surface area contributed by atoms with Gasteiger partial charge in [-0.1, -0.05) is 20.8 Å². The molecule has 12 heavy (non-hydrogen) atoms. The molecule has 0 bridgehead atoms. The van der Waals surface area contributed by atoms with Crippen molar-refractivity contribution >= 4 is 0 Å². The monoisotopic (exact) mass is 169 g/mol. The van der Waals surface area contributed by atoms with Gasteiger partial charge >= 0.3 is 0 Å². The first-order chi connectivity index (χ1) is 5.81. The Bertz CT molecular complexity index is 125. The van der Waals surface area contributed by atoms with Gasteiger partial charge in [0, 0.05) is 5.54 Å². The number of hydrogen-bond acceptors (Lipinski definition) is 1. The van der Waals surface area contributed by atoms with Gasteiger partial charge in [-0.05, 0) is 44.6 Å². The van der Waals surface area contributed by atoms with Crippen LogP contribution in [0.15, 0.2) is 0 Å². The van der Waals surface area contributed by atoms with E-state index in [1.807, 2.05) is 13.8 Å². The Morgan fingerprint density at radius 3 is 2.42 bits per heavy atom. The molecule has 0 radical (unpaired) electrons. The maximum Gasteiger partial charge on any atom is 0.0184 e. The molecule has 1 aliphatic carbocycles. The van der Waals surface area contributed by atoms with Crippen molar-refractivity contribution in [3.63, 3.8) is 0 Å². The van der Waals surface area contributed by atoms with Crippen LogP contribution in [0.2, 0.25) is 0 Å². The molecule has 2 atom stereocenters. The van der Waals surface area contributed by atoms with Crippen molar-refractivity contribution in [1.82, 2.24) is 5.32 Å². The summed E-state index contributed by atoms with van der Waals surface area (Å²) < 4.78 is 0. The molecule has 1 aliphatic heterocycles. The fourth-order valence-corrected chi connectivity index (χ4v) is 2.65. The Balaban J connectivity index is 0.000000336. The summed E-state index contributed by atoms with van der Waals surface area (Å²) in [7, 11) is 0. The molecule has 72 valence electrons. The van der Waals surface area contributed by atoms with E-state index in [2.05, 4.69) is 12.2 Å². The van der Waals surface area contributed by atoms with Gasteiger partial charge in [-0.2, -0.15) is 0 Å². The lowest BCUT2D eigenvalue weighted by molar-refractivity contribution is 0.375. The van der Waals surface area contributed by atoms with Gasteiger partial charge in [0.1, 0.15) is 0 Å². The predicted molar refractivity (Wildman–Crippen MR) is 54.3 cm³/mol. The van der Waals surface area contributed by atoms with Gasteiger partial charge in [-0.25, -0.2) is 0 Å². The van der Waals surface area contributed by atoms with Gasteiger partial charge in [0.15, 0.2) is 0 Å². The lowest BCUT2D eigenvalue weighted by atomic mass is 9.95. The molecule has 0 aromatic rings. The molecule has 0 aromatic heterocycles. The van der Waals surface area contributed by atoms with Crippen molar-refractivity contribution in [2.75, 3.05) is 6.54 Å². The highest BCUT2D eigenvalue weighted by Gasteiger charge is 2.38. The van der Waals surface area contributed by atoms with Gasteiger partial charge in [-0.15, -0.1) is 0 Å². The summed E-state index contributed by atoms with van der Waals surface area (Å²) >= 11 is 0. The Morgan fingerprint density at radius 1 is 1.25 bits per heavy atom. The van der Waals surface area contributed by atoms with E-state index in [-0.39, 0.29) is 0 Å². The highest BCUT2D eigenvalue weighted by Crippen LogP contribution is 2.39. The van der Waals surface area contributed by atoms with Crippen LogP contribution < -0.4 is 5.32 Å². The summed E-state index contributed by atoms with van der Waals surface area (Å²) in [4.78, 5) is 0.